The first-order chi connectivity index (χ1) is 8.04. The Bertz CT molecular complexity index is 378. The molecule has 17 heavy (non-hydrogen) atoms. The van der Waals surface area contributed by atoms with Crippen LogP contribution in [0.25, 0.3) is 0 Å². The quantitative estimate of drug-likeness (QED) is 0.807. The predicted molar refractivity (Wildman–Crippen MR) is 66.3 cm³/mol. The van der Waals surface area contributed by atoms with E-state index in [1.807, 2.05) is 0 Å². The highest BCUT2D eigenvalue weighted by molar-refractivity contribution is 6.34. The highest BCUT2D eigenvalue weighted by Gasteiger charge is 2.17. The summed E-state index contributed by atoms with van der Waals surface area (Å²) in [5.74, 6) is -0.514. The van der Waals surface area contributed by atoms with E-state index in [0.29, 0.717) is 28.8 Å². The van der Waals surface area contributed by atoms with Crippen LogP contribution in [0.5, 0.6) is 0 Å². The lowest BCUT2D eigenvalue weighted by Gasteiger charge is -2.12. The third-order valence-corrected chi connectivity index (χ3v) is 2.49. The van der Waals surface area contributed by atoms with E-state index in [1.165, 1.54) is 25.3 Å². The molecule has 0 saturated heterocycles. The molecule has 0 radical (unpaired) electrons. The molecule has 0 heterocycles. The van der Waals surface area contributed by atoms with Gasteiger partial charge in [-0.05, 0) is 23.8 Å². The fourth-order valence-corrected chi connectivity index (χ4v) is 1.80. The monoisotopic (exact) mass is 277 g/mol. The number of rotatable bonds is 5. The summed E-state index contributed by atoms with van der Waals surface area (Å²) in [5.41, 5.74) is 0.359. The Balaban J connectivity index is 2.67. The summed E-state index contributed by atoms with van der Waals surface area (Å²) in [6, 6.07) is 4.52. The van der Waals surface area contributed by atoms with Crippen molar-refractivity contribution in [2.75, 3.05) is 20.3 Å². The minimum Gasteiger partial charge on any atom is -0.383 e. The van der Waals surface area contributed by atoms with Crippen LogP contribution in [0.15, 0.2) is 18.2 Å². The van der Waals surface area contributed by atoms with Gasteiger partial charge in [0.15, 0.2) is 6.10 Å². The average Bonchev–Trinajstić information content (AvgIpc) is 2.27. The number of hydrogen-bond acceptors (Lipinski definition) is 3. The number of hydrogen-bond donors (Lipinski definition) is 2. The first-order valence-electron chi connectivity index (χ1n) is 4.95. The molecular weight excluding hydrogens is 265 g/mol. The fourth-order valence-electron chi connectivity index (χ4n) is 1.26. The van der Waals surface area contributed by atoms with Gasteiger partial charge in [0.25, 0.3) is 5.91 Å². The van der Waals surface area contributed by atoms with Crippen molar-refractivity contribution >= 4 is 29.1 Å². The number of benzene rings is 1. The van der Waals surface area contributed by atoms with Gasteiger partial charge >= 0.3 is 0 Å². The molecular formula is C11H13Cl2NO3. The Kier molecular flexibility index (Phi) is 5.71. The first-order valence-corrected chi connectivity index (χ1v) is 5.71. The second-order valence-electron chi connectivity index (χ2n) is 3.39. The van der Waals surface area contributed by atoms with Crippen LogP contribution < -0.4 is 5.32 Å². The minimum absolute atomic E-state index is 0.334. The highest BCUT2D eigenvalue weighted by Crippen LogP contribution is 2.23. The van der Waals surface area contributed by atoms with Gasteiger partial charge in [0.2, 0.25) is 0 Å². The van der Waals surface area contributed by atoms with E-state index in [4.69, 9.17) is 27.9 Å². The number of aliphatic hydroxyl groups is 1. The van der Waals surface area contributed by atoms with Gasteiger partial charge in [-0.25, -0.2) is 0 Å². The van der Waals surface area contributed by atoms with E-state index in [2.05, 4.69) is 5.32 Å². The van der Waals surface area contributed by atoms with Crippen LogP contribution in [-0.4, -0.2) is 31.3 Å². The van der Waals surface area contributed by atoms with Gasteiger partial charge in [-0.1, -0.05) is 23.2 Å². The third kappa shape index (κ3) is 4.52. The molecule has 94 valence electrons. The van der Waals surface area contributed by atoms with Crippen molar-refractivity contribution in [2.45, 2.75) is 6.10 Å². The largest absolute Gasteiger partial charge is 0.383 e. The molecule has 0 aliphatic carbocycles. The maximum absolute atomic E-state index is 11.5. The second-order valence-corrected chi connectivity index (χ2v) is 4.26. The van der Waals surface area contributed by atoms with Crippen molar-refractivity contribution in [3.8, 4) is 0 Å². The molecule has 1 rings (SSSR count). The van der Waals surface area contributed by atoms with Crippen LogP contribution >= 0.6 is 23.2 Å². The Labute approximate surface area is 109 Å². The normalized spacial score (nSPS) is 12.2. The molecule has 0 aliphatic heterocycles. The lowest BCUT2D eigenvalue weighted by atomic mass is 10.1. The Morgan fingerprint density at radius 2 is 2.00 bits per heavy atom. The molecule has 0 fully saturated rings. The molecule has 1 unspecified atom stereocenters. The van der Waals surface area contributed by atoms with E-state index in [9.17, 15) is 9.90 Å². The third-order valence-electron chi connectivity index (χ3n) is 2.05. The molecule has 0 saturated carbocycles. The number of amides is 1. The van der Waals surface area contributed by atoms with Crippen LogP contribution in [-0.2, 0) is 9.53 Å². The van der Waals surface area contributed by atoms with Crippen molar-refractivity contribution in [1.29, 1.82) is 0 Å². The molecule has 4 nitrogen and oxygen atoms in total. The van der Waals surface area contributed by atoms with Crippen LogP contribution in [0.1, 0.15) is 11.7 Å². The van der Waals surface area contributed by atoms with Gasteiger partial charge in [0.1, 0.15) is 0 Å². The molecule has 1 aromatic carbocycles. The van der Waals surface area contributed by atoms with Gasteiger partial charge in [-0.3, -0.25) is 4.79 Å². The number of halogens is 2. The van der Waals surface area contributed by atoms with Crippen LogP contribution in [0.4, 0.5) is 0 Å². The van der Waals surface area contributed by atoms with Crippen molar-refractivity contribution in [2.24, 2.45) is 0 Å². The Hall–Kier alpha value is -0.810. The Morgan fingerprint density at radius 1 is 1.41 bits per heavy atom. The fraction of sp³-hybridized carbons (Fsp3) is 0.364. The van der Waals surface area contributed by atoms with Crippen molar-refractivity contribution in [3.63, 3.8) is 0 Å². The maximum atomic E-state index is 11.5. The van der Waals surface area contributed by atoms with Crippen molar-refractivity contribution < 1.29 is 14.6 Å². The topological polar surface area (TPSA) is 58.6 Å². The average molecular weight is 278 g/mol. The van der Waals surface area contributed by atoms with Crippen LogP contribution in [0.2, 0.25) is 10.0 Å². The standard InChI is InChI=1S/C11H13Cl2NO3/c1-17-3-2-14-11(16)10(15)7-4-8(12)6-9(13)5-7/h4-6,10,15H,2-3H2,1H3,(H,14,16). The summed E-state index contributed by atoms with van der Waals surface area (Å²) in [4.78, 5) is 11.5. The highest BCUT2D eigenvalue weighted by atomic mass is 35.5. The van der Waals surface area contributed by atoms with E-state index in [1.54, 1.807) is 0 Å². The number of methoxy groups -OCH3 is 1. The van der Waals surface area contributed by atoms with Gasteiger partial charge in [-0.2, -0.15) is 0 Å². The number of aliphatic hydroxyl groups excluding tert-OH is 1. The molecule has 2 N–H and O–H groups in total. The Morgan fingerprint density at radius 3 is 2.53 bits per heavy atom. The zero-order valence-electron chi connectivity index (χ0n) is 9.24. The zero-order chi connectivity index (χ0) is 12.8. The molecule has 0 aliphatic rings. The van der Waals surface area contributed by atoms with Crippen LogP contribution in [0, 0.1) is 0 Å². The number of nitrogens with one attached hydrogen (secondary N) is 1. The molecule has 1 amide bonds. The molecule has 0 aromatic heterocycles. The maximum Gasteiger partial charge on any atom is 0.253 e. The van der Waals surface area contributed by atoms with E-state index < -0.39 is 12.0 Å². The van der Waals surface area contributed by atoms with Gasteiger partial charge in [-0.15, -0.1) is 0 Å². The van der Waals surface area contributed by atoms with Crippen molar-refractivity contribution in [1.82, 2.24) is 5.32 Å². The molecule has 0 bridgehead atoms. The van der Waals surface area contributed by atoms with E-state index in [0.717, 1.165) is 0 Å². The smallest absolute Gasteiger partial charge is 0.253 e. The lowest BCUT2D eigenvalue weighted by molar-refractivity contribution is -0.129. The first kappa shape index (κ1) is 14.3. The molecule has 1 aromatic rings. The zero-order valence-corrected chi connectivity index (χ0v) is 10.8. The van der Waals surface area contributed by atoms with Crippen LogP contribution in [0.3, 0.4) is 0 Å². The number of carbonyl (C=O) groups excluding carboxylic acids is 1. The predicted octanol–water partition coefficient (Wildman–Crippen LogP) is 1.79. The van der Waals surface area contributed by atoms with E-state index >= 15 is 0 Å². The summed E-state index contributed by atoms with van der Waals surface area (Å²) in [5, 5.41) is 13.0. The summed E-state index contributed by atoms with van der Waals surface area (Å²) in [7, 11) is 1.53. The molecule has 0 spiro atoms. The SMILES string of the molecule is COCCNC(=O)C(O)c1cc(Cl)cc(Cl)c1. The lowest BCUT2D eigenvalue weighted by Crippen LogP contribution is -2.31. The molecule has 6 heteroatoms. The minimum atomic E-state index is -1.29. The number of carbonyl (C=O) groups is 1. The van der Waals surface area contributed by atoms with Gasteiger partial charge in [0.05, 0.1) is 6.61 Å². The van der Waals surface area contributed by atoms with Crippen molar-refractivity contribution in [3.05, 3.63) is 33.8 Å². The van der Waals surface area contributed by atoms with Gasteiger partial charge < -0.3 is 15.2 Å². The summed E-state index contributed by atoms with van der Waals surface area (Å²) in [6.45, 7) is 0.718. The van der Waals surface area contributed by atoms with Gasteiger partial charge in [0, 0.05) is 23.7 Å². The molecule has 1 atom stereocenters. The number of ether oxygens (including phenoxy) is 1. The summed E-state index contributed by atoms with van der Waals surface area (Å²) in [6.07, 6.45) is -1.29. The summed E-state index contributed by atoms with van der Waals surface area (Å²) >= 11 is 11.6. The summed E-state index contributed by atoms with van der Waals surface area (Å²) < 4.78 is 4.78. The van der Waals surface area contributed by atoms with E-state index in [-0.39, 0.29) is 0 Å². The second kappa shape index (κ2) is 6.81.